The molecule has 2 N–H and O–H groups in total. The highest BCUT2D eigenvalue weighted by molar-refractivity contribution is 6.32. The lowest BCUT2D eigenvalue weighted by molar-refractivity contribution is -0.152. The number of methoxy groups -OCH3 is 1. The van der Waals surface area contributed by atoms with Crippen LogP contribution in [0.3, 0.4) is 0 Å². The largest absolute Gasteiger partial charge is 0.462 e. The average Bonchev–Trinajstić information content (AvgIpc) is 2.65. The van der Waals surface area contributed by atoms with Gasteiger partial charge in [-0.1, -0.05) is 0 Å². The van der Waals surface area contributed by atoms with E-state index in [1.807, 2.05) is 0 Å². The molecule has 0 saturated heterocycles. The van der Waals surface area contributed by atoms with Crippen LogP contribution in [0.1, 0.15) is 5.82 Å². The average molecular weight is 184 g/mol. The summed E-state index contributed by atoms with van der Waals surface area (Å²) in [6, 6.07) is 0. The van der Waals surface area contributed by atoms with Gasteiger partial charge in [0.2, 0.25) is 0 Å². The Balaban J connectivity index is 2.35. The minimum absolute atomic E-state index is 0.119. The van der Waals surface area contributed by atoms with E-state index in [1.165, 1.54) is 6.33 Å². The maximum atomic E-state index is 10.8. The van der Waals surface area contributed by atoms with Gasteiger partial charge in [-0.25, -0.2) is 9.78 Å². The Morgan fingerprint density at radius 1 is 1.69 bits per heavy atom. The quantitative estimate of drug-likeness (QED) is 0.435. The fourth-order valence-corrected chi connectivity index (χ4v) is 0.645. The van der Waals surface area contributed by atoms with Crippen LogP contribution in [0.15, 0.2) is 6.33 Å². The molecule has 0 radical (unpaired) electrons. The molecule has 1 aromatic rings. The van der Waals surface area contributed by atoms with Gasteiger partial charge >= 0.3 is 11.9 Å². The van der Waals surface area contributed by atoms with Crippen LogP contribution in [-0.2, 0) is 20.9 Å². The first-order valence-electron chi connectivity index (χ1n) is 3.44. The number of rotatable bonds is 2. The van der Waals surface area contributed by atoms with Gasteiger partial charge in [-0.2, -0.15) is 5.10 Å². The second kappa shape index (κ2) is 4.19. The van der Waals surface area contributed by atoms with Gasteiger partial charge in [0, 0.05) is 0 Å². The molecule has 7 nitrogen and oxygen atoms in total. The Morgan fingerprint density at radius 2 is 2.46 bits per heavy atom. The molecule has 13 heavy (non-hydrogen) atoms. The zero-order valence-corrected chi connectivity index (χ0v) is 6.90. The number of esters is 1. The van der Waals surface area contributed by atoms with E-state index >= 15 is 0 Å². The van der Waals surface area contributed by atoms with E-state index in [0.29, 0.717) is 5.82 Å². The predicted molar refractivity (Wildman–Crippen MR) is 40.2 cm³/mol. The number of carbonyl (C=O) groups is 2. The highest BCUT2D eigenvalue weighted by Gasteiger charge is 2.12. The van der Waals surface area contributed by atoms with Crippen molar-refractivity contribution < 1.29 is 14.3 Å². The predicted octanol–water partition coefficient (Wildman–Crippen LogP) is -1.41. The first kappa shape index (κ1) is 9.17. The van der Waals surface area contributed by atoms with Gasteiger partial charge in [-0.05, 0) is 0 Å². The van der Waals surface area contributed by atoms with Crippen molar-refractivity contribution in [3.63, 3.8) is 0 Å². The number of hydrogen-bond acceptors (Lipinski definition) is 5. The van der Waals surface area contributed by atoms with Crippen LogP contribution in [0.5, 0.6) is 0 Å². The highest BCUT2D eigenvalue weighted by atomic mass is 16.5. The smallest absolute Gasteiger partial charge is 0.396 e. The van der Waals surface area contributed by atoms with Crippen molar-refractivity contribution in [1.82, 2.24) is 20.5 Å². The molecule has 70 valence electrons. The Hall–Kier alpha value is -1.92. The fraction of sp³-hybridized carbons (Fsp3) is 0.333. The summed E-state index contributed by atoms with van der Waals surface area (Å²) in [5.41, 5.74) is 0. The third-order valence-corrected chi connectivity index (χ3v) is 1.25. The number of carbonyl (C=O) groups excluding carboxylic acids is 2. The van der Waals surface area contributed by atoms with Crippen LogP contribution in [0.2, 0.25) is 0 Å². The lowest BCUT2D eigenvalue weighted by atomic mass is 10.5. The number of aromatic nitrogens is 3. The Labute approximate surface area is 73.5 Å². The maximum absolute atomic E-state index is 10.8. The number of hydrogen-bond donors (Lipinski definition) is 2. The zero-order chi connectivity index (χ0) is 9.68. The van der Waals surface area contributed by atoms with Crippen molar-refractivity contribution in [2.45, 2.75) is 6.54 Å². The molecule has 0 aliphatic heterocycles. The lowest BCUT2D eigenvalue weighted by Crippen LogP contribution is -2.31. The van der Waals surface area contributed by atoms with E-state index in [9.17, 15) is 9.59 Å². The third-order valence-electron chi connectivity index (χ3n) is 1.25. The maximum Gasteiger partial charge on any atom is 0.396 e. The van der Waals surface area contributed by atoms with Gasteiger partial charge < -0.3 is 10.1 Å². The lowest BCUT2D eigenvalue weighted by Gasteiger charge is -1.99. The van der Waals surface area contributed by atoms with Gasteiger partial charge in [0.1, 0.15) is 12.2 Å². The first-order valence-corrected chi connectivity index (χ1v) is 3.44. The number of H-pyrrole nitrogens is 1. The molecule has 1 amide bonds. The van der Waals surface area contributed by atoms with Gasteiger partial charge in [0.25, 0.3) is 0 Å². The van der Waals surface area contributed by atoms with Crippen molar-refractivity contribution in [1.29, 1.82) is 0 Å². The monoisotopic (exact) mass is 184 g/mol. The van der Waals surface area contributed by atoms with E-state index in [4.69, 9.17) is 0 Å². The van der Waals surface area contributed by atoms with Crippen LogP contribution in [0, 0.1) is 0 Å². The van der Waals surface area contributed by atoms with Crippen molar-refractivity contribution >= 4 is 11.9 Å². The van der Waals surface area contributed by atoms with E-state index in [2.05, 4.69) is 25.2 Å². The molecule has 0 spiro atoms. The molecule has 1 aromatic heterocycles. The standard InChI is InChI=1S/C6H8N4O3/c1-13-6(12)5(11)7-2-4-8-3-9-10-4/h3H,2H2,1H3,(H,7,11)(H,8,9,10). The number of nitrogens with zero attached hydrogens (tertiary/aromatic N) is 2. The summed E-state index contributed by atoms with van der Waals surface area (Å²) in [6.45, 7) is 0.119. The topological polar surface area (TPSA) is 97.0 Å². The van der Waals surface area contributed by atoms with Gasteiger partial charge in [-0.3, -0.25) is 9.89 Å². The molecular weight excluding hydrogens is 176 g/mol. The molecule has 0 unspecified atom stereocenters. The molecule has 0 saturated carbocycles. The normalized spacial score (nSPS) is 9.31. The van der Waals surface area contributed by atoms with Crippen molar-refractivity contribution in [3.8, 4) is 0 Å². The number of aromatic amines is 1. The third kappa shape index (κ3) is 2.55. The molecule has 1 heterocycles. The van der Waals surface area contributed by atoms with Crippen molar-refractivity contribution in [2.75, 3.05) is 7.11 Å². The van der Waals surface area contributed by atoms with Gasteiger partial charge in [0.05, 0.1) is 13.7 Å². The van der Waals surface area contributed by atoms with Crippen LogP contribution in [0.4, 0.5) is 0 Å². The SMILES string of the molecule is COC(=O)C(=O)NCc1ncn[nH]1. The van der Waals surface area contributed by atoms with Crippen LogP contribution in [0.25, 0.3) is 0 Å². The van der Waals surface area contributed by atoms with Crippen LogP contribution >= 0.6 is 0 Å². The summed E-state index contributed by atoms with van der Waals surface area (Å²) in [4.78, 5) is 25.2. The Bertz CT molecular complexity index is 295. The fourth-order valence-electron chi connectivity index (χ4n) is 0.645. The van der Waals surface area contributed by atoms with E-state index in [0.717, 1.165) is 7.11 Å². The molecule has 0 atom stereocenters. The number of ether oxygens (including phenoxy) is 1. The zero-order valence-electron chi connectivity index (χ0n) is 6.90. The molecule has 0 aromatic carbocycles. The van der Waals surface area contributed by atoms with Crippen molar-refractivity contribution in [3.05, 3.63) is 12.2 Å². The summed E-state index contributed by atoms with van der Waals surface area (Å²) in [7, 11) is 1.14. The molecular formula is C6H8N4O3. The highest BCUT2D eigenvalue weighted by Crippen LogP contribution is 1.84. The van der Waals surface area contributed by atoms with E-state index in [1.54, 1.807) is 0 Å². The van der Waals surface area contributed by atoms with Crippen LogP contribution in [-0.4, -0.2) is 34.2 Å². The van der Waals surface area contributed by atoms with Gasteiger partial charge in [0.15, 0.2) is 0 Å². The molecule has 1 rings (SSSR count). The minimum atomic E-state index is -0.931. The molecule has 0 bridgehead atoms. The molecule has 0 fully saturated rings. The first-order chi connectivity index (χ1) is 6.24. The molecule has 0 aliphatic carbocycles. The molecule has 7 heteroatoms. The van der Waals surface area contributed by atoms with Gasteiger partial charge in [-0.15, -0.1) is 0 Å². The summed E-state index contributed by atoms with van der Waals surface area (Å²) >= 11 is 0. The minimum Gasteiger partial charge on any atom is -0.462 e. The van der Waals surface area contributed by atoms with Crippen molar-refractivity contribution in [2.24, 2.45) is 0 Å². The van der Waals surface area contributed by atoms with E-state index in [-0.39, 0.29) is 6.54 Å². The summed E-state index contributed by atoms with van der Waals surface area (Å²) < 4.78 is 4.18. The number of amides is 1. The van der Waals surface area contributed by atoms with Crippen LogP contribution < -0.4 is 5.32 Å². The second-order valence-electron chi connectivity index (χ2n) is 2.11. The second-order valence-corrected chi connectivity index (χ2v) is 2.11. The van der Waals surface area contributed by atoms with E-state index < -0.39 is 11.9 Å². The summed E-state index contributed by atoms with van der Waals surface area (Å²) in [5.74, 6) is -1.27. The number of nitrogens with one attached hydrogen (secondary N) is 2. The Kier molecular flexibility index (Phi) is 2.96. The summed E-state index contributed by atoms with van der Waals surface area (Å²) in [6.07, 6.45) is 1.31. The molecule has 0 aliphatic rings. The summed E-state index contributed by atoms with van der Waals surface area (Å²) in [5, 5.41) is 8.37. The Morgan fingerprint density at radius 3 is 3.00 bits per heavy atom.